The first-order valence-electron chi connectivity index (χ1n) is 7.75. The second kappa shape index (κ2) is 7.67. The summed E-state index contributed by atoms with van der Waals surface area (Å²) in [6, 6.07) is 5.06. The summed E-state index contributed by atoms with van der Waals surface area (Å²) in [6.45, 7) is 2.84. The van der Waals surface area contributed by atoms with Crippen LogP contribution in [0.2, 0.25) is 5.02 Å². The molecule has 0 aliphatic heterocycles. The molecule has 0 bridgehead atoms. The number of nitrogens with zero attached hydrogens (tertiary/aromatic N) is 2. The molecule has 8 heteroatoms. The predicted octanol–water partition coefficient (Wildman–Crippen LogP) is 4.43. The monoisotopic (exact) mass is 376 g/mol. The summed E-state index contributed by atoms with van der Waals surface area (Å²) in [5.74, 6) is 0.784. The number of hydrogen-bond acceptors (Lipinski definition) is 6. The molecule has 0 atom stereocenters. The van der Waals surface area contributed by atoms with E-state index in [4.69, 9.17) is 16.3 Å². The molecule has 3 rings (SSSR count). The Morgan fingerprint density at radius 2 is 2.24 bits per heavy atom. The maximum Gasteiger partial charge on any atom is 0.258 e. The molecule has 25 heavy (non-hydrogen) atoms. The SMILES string of the molecule is CCCNc1ncc2scc(C(=O)Nc3cc(Cl)ccc3OC)c2n1. The van der Waals surface area contributed by atoms with Crippen molar-refractivity contribution in [2.75, 3.05) is 24.3 Å². The molecule has 1 aromatic carbocycles. The molecule has 2 aromatic heterocycles. The van der Waals surface area contributed by atoms with Crippen LogP contribution in [-0.2, 0) is 0 Å². The van der Waals surface area contributed by atoms with Gasteiger partial charge in [0.1, 0.15) is 5.75 Å². The van der Waals surface area contributed by atoms with Gasteiger partial charge in [-0.3, -0.25) is 4.79 Å². The molecular weight excluding hydrogens is 360 g/mol. The van der Waals surface area contributed by atoms with Crippen LogP contribution in [0.1, 0.15) is 23.7 Å². The second-order valence-corrected chi connectivity index (χ2v) is 6.63. The van der Waals surface area contributed by atoms with Gasteiger partial charge in [-0.05, 0) is 24.6 Å². The summed E-state index contributed by atoms with van der Waals surface area (Å²) in [5.41, 5.74) is 1.62. The number of amides is 1. The maximum atomic E-state index is 12.7. The van der Waals surface area contributed by atoms with Gasteiger partial charge >= 0.3 is 0 Å². The highest BCUT2D eigenvalue weighted by Crippen LogP contribution is 2.30. The molecule has 0 aliphatic carbocycles. The van der Waals surface area contributed by atoms with Crippen molar-refractivity contribution >= 4 is 50.7 Å². The molecule has 1 amide bonds. The van der Waals surface area contributed by atoms with Gasteiger partial charge in [0.2, 0.25) is 5.95 Å². The Kier molecular flexibility index (Phi) is 5.35. The molecule has 0 aliphatic rings. The fourth-order valence-electron chi connectivity index (χ4n) is 2.28. The van der Waals surface area contributed by atoms with Crippen molar-refractivity contribution in [3.8, 4) is 5.75 Å². The van der Waals surface area contributed by atoms with Crippen LogP contribution in [0, 0.1) is 0 Å². The van der Waals surface area contributed by atoms with E-state index in [9.17, 15) is 4.79 Å². The van der Waals surface area contributed by atoms with Crippen LogP contribution < -0.4 is 15.4 Å². The number of methoxy groups -OCH3 is 1. The van der Waals surface area contributed by atoms with Crippen molar-refractivity contribution in [2.24, 2.45) is 0 Å². The van der Waals surface area contributed by atoms with Crippen LogP contribution in [0.5, 0.6) is 5.75 Å². The van der Waals surface area contributed by atoms with Crippen molar-refractivity contribution in [1.82, 2.24) is 9.97 Å². The largest absolute Gasteiger partial charge is 0.495 e. The summed E-state index contributed by atoms with van der Waals surface area (Å²) >= 11 is 7.44. The number of hydrogen-bond donors (Lipinski definition) is 2. The molecule has 2 N–H and O–H groups in total. The topological polar surface area (TPSA) is 76.1 Å². The van der Waals surface area contributed by atoms with Crippen LogP contribution in [0.4, 0.5) is 11.6 Å². The Hall–Kier alpha value is -2.38. The number of halogens is 1. The number of nitrogens with one attached hydrogen (secondary N) is 2. The molecule has 3 aromatic rings. The highest BCUT2D eigenvalue weighted by atomic mass is 35.5. The number of anilines is 2. The van der Waals surface area contributed by atoms with Crippen LogP contribution >= 0.6 is 22.9 Å². The lowest BCUT2D eigenvalue weighted by molar-refractivity contribution is 0.102. The van der Waals surface area contributed by atoms with E-state index in [2.05, 4.69) is 27.5 Å². The number of aromatic nitrogens is 2. The minimum atomic E-state index is -0.271. The normalized spacial score (nSPS) is 10.7. The van der Waals surface area contributed by atoms with Gasteiger partial charge in [-0.1, -0.05) is 18.5 Å². The molecule has 0 saturated heterocycles. The minimum Gasteiger partial charge on any atom is -0.495 e. The summed E-state index contributed by atoms with van der Waals surface area (Å²) in [6.07, 6.45) is 2.69. The van der Waals surface area contributed by atoms with Crippen molar-refractivity contribution in [3.63, 3.8) is 0 Å². The van der Waals surface area contributed by atoms with E-state index < -0.39 is 0 Å². The maximum absolute atomic E-state index is 12.7. The molecule has 2 heterocycles. The van der Waals surface area contributed by atoms with E-state index in [0.717, 1.165) is 17.7 Å². The average molecular weight is 377 g/mol. The van der Waals surface area contributed by atoms with Gasteiger partial charge in [0.25, 0.3) is 5.91 Å². The third-order valence-electron chi connectivity index (χ3n) is 3.50. The van der Waals surface area contributed by atoms with E-state index in [1.807, 2.05) is 0 Å². The Bertz CT molecular complexity index is 913. The van der Waals surface area contributed by atoms with Crippen LogP contribution in [0.25, 0.3) is 10.2 Å². The fraction of sp³-hybridized carbons (Fsp3) is 0.235. The standard InChI is InChI=1S/C17H17ClN4O2S/c1-3-6-19-17-20-8-14-15(22-17)11(9-25-14)16(23)21-12-7-10(18)4-5-13(12)24-2/h4-5,7-9H,3,6H2,1-2H3,(H,21,23)(H,19,20,22). The fourth-order valence-corrected chi connectivity index (χ4v) is 3.30. The van der Waals surface area contributed by atoms with Crippen molar-refractivity contribution in [1.29, 1.82) is 0 Å². The summed E-state index contributed by atoms with van der Waals surface area (Å²) in [4.78, 5) is 21.4. The number of benzene rings is 1. The van der Waals surface area contributed by atoms with Gasteiger partial charge < -0.3 is 15.4 Å². The molecule has 0 fully saturated rings. The van der Waals surface area contributed by atoms with E-state index in [-0.39, 0.29) is 5.91 Å². The van der Waals surface area contributed by atoms with Crippen molar-refractivity contribution < 1.29 is 9.53 Å². The molecular formula is C17H17ClN4O2S. The van der Waals surface area contributed by atoms with Crippen LogP contribution in [0.3, 0.4) is 0 Å². The molecule has 6 nitrogen and oxygen atoms in total. The Labute approximate surface area is 154 Å². The quantitative estimate of drug-likeness (QED) is 0.665. The number of fused-ring (bicyclic) bond motifs is 1. The molecule has 0 spiro atoms. The summed E-state index contributed by atoms with van der Waals surface area (Å²) in [5, 5.41) is 8.25. The first kappa shape index (κ1) is 17.4. The molecule has 0 unspecified atom stereocenters. The lowest BCUT2D eigenvalue weighted by atomic mass is 10.2. The molecule has 130 valence electrons. The Morgan fingerprint density at radius 3 is 3.00 bits per heavy atom. The van der Waals surface area contributed by atoms with Gasteiger partial charge in [0.05, 0.1) is 34.8 Å². The van der Waals surface area contributed by atoms with Gasteiger partial charge in [-0.25, -0.2) is 9.97 Å². The average Bonchev–Trinajstić information content (AvgIpc) is 3.03. The lowest BCUT2D eigenvalue weighted by Gasteiger charge is -2.10. The lowest BCUT2D eigenvalue weighted by Crippen LogP contribution is -2.13. The van der Waals surface area contributed by atoms with Gasteiger partial charge in [-0.2, -0.15) is 0 Å². The zero-order valence-corrected chi connectivity index (χ0v) is 15.4. The highest BCUT2D eigenvalue weighted by Gasteiger charge is 2.16. The van der Waals surface area contributed by atoms with Crippen LogP contribution in [-0.4, -0.2) is 29.5 Å². The van der Waals surface area contributed by atoms with E-state index in [0.29, 0.717) is 33.5 Å². The molecule has 0 saturated carbocycles. The van der Waals surface area contributed by atoms with E-state index in [1.54, 1.807) is 29.8 Å². The smallest absolute Gasteiger partial charge is 0.258 e. The predicted molar refractivity (Wildman–Crippen MR) is 102 cm³/mol. The molecule has 0 radical (unpaired) electrons. The third-order valence-corrected chi connectivity index (χ3v) is 4.64. The third kappa shape index (κ3) is 3.83. The highest BCUT2D eigenvalue weighted by molar-refractivity contribution is 7.17. The first-order chi connectivity index (χ1) is 12.1. The Balaban J connectivity index is 1.90. The number of carbonyl (C=O) groups excluding carboxylic acids is 1. The van der Waals surface area contributed by atoms with Crippen molar-refractivity contribution in [3.05, 3.63) is 40.4 Å². The number of carbonyl (C=O) groups is 1. The van der Waals surface area contributed by atoms with E-state index >= 15 is 0 Å². The zero-order chi connectivity index (χ0) is 17.8. The second-order valence-electron chi connectivity index (χ2n) is 5.28. The summed E-state index contributed by atoms with van der Waals surface area (Å²) in [7, 11) is 1.54. The first-order valence-corrected chi connectivity index (χ1v) is 9.01. The summed E-state index contributed by atoms with van der Waals surface area (Å²) < 4.78 is 6.12. The van der Waals surface area contributed by atoms with Gasteiger partial charge in [0, 0.05) is 16.9 Å². The van der Waals surface area contributed by atoms with Gasteiger partial charge in [0.15, 0.2) is 0 Å². The van der Waals surface area contributed by atoms with Gasteiger partial charge in [-0.15, -0.1) is 11.3 Å². The minimum absolute atomic E-state index is 0.271. The van der Waals surface area contributed by atoms with Crippen molar-refractivity contribution in [2.45, 2.75) is 13.3 Å². The Morgan fingerprint density at radius 1 is 1.40 bits per heavy atom. The zero-order valence-electron chi connectivity index (χ0n) is 13.8. The number of rotatable bonds is 6. The number of ether oxygens (including phenoxy) is 1. The number of thiophene rings is 1. The van der Waals surface area contributed by atoms with Crippen LogP contribution in [0.15, 0.2) is 29.8 Å². The van der Waals surface area contributed by atoms with E-state index in [1.165, 1.54) is 18.4 Å².